The quantitative estimate of drug-likeness (QED) is 0.463. The van der Waals surface area contributed by atoms with Crippen LogP contribution < -0.4 is 0 Å². The third kappa shape index (κ3) is 4.04. The summed E-state index contributed by atoms with van der Waals surface area (Å²) in [7, 11) is 4.95. The first kappa shape index (κ1) is 21.1. The number of hydrogen-bond acceptors (Lipinski definition) is 2. The van der Waals surface area contributed by atoms with Crippen LogP contribution in [0, 0.1) is 0 Å². The van der Waals surface area contributed by atoms with Gasteiger partial charge in [0, 0.05) is 51.4 Å². The van der Waals surface area contributed by atoms with E-state index in [4.69, 9.17) is 0 Å². The number of aliphatic hydroxyl groups excluding tert-OH is 2. The van der Waals surface area contributed by atoms with Gasteiger partial charge >= 0.3 is 0 Å². The van der Waals surface area contributed by atoms with E-state index in [0.717, 1.165) is 49.9 Å². The van der Waals surface area contributed by atoms with Crippen LogP contribution in [0.3, 0.4) is 0 Å². The molecule has 0 saturated carbocycles. The van der Waals surface area contributed by atoms with Gasteiger partial charge in [0.2, 0.25) is 0 Å². The Morgan fingerprint density at radius 3 is 1.14 bits per heavy atom. The van der Waals surface area contributed by atoms with Crippen molar-refractivity contribution in [2.24, 2.45) is 0 Å². The molecule has 4 aliphatic heterocycles. The predicted molar refractivity (Wildman–Crippen MR) is 114 cm³/mol. The van der Waals surface area contributed by atoms with Crippen molar-refractivity contribution in [1.29, 1.82) is 0 Å². The number of fused-ring (bicyclic) bond motifs is 4. The maximum absolute atomic E-state index is 10.1. The molecule has 0 radical (unpaired) electrons. The van der Waals surface area contributed by atoms with Gasteiger partial charge in [0.05, 0.1) is 63.6 Å². The number of quaternary nitrogens is 2. The van der Waals surface area contributed by atoms with E-state index < -0.39 is 0 Å². The lowest BCUT2D eigenvalue weighted by atomic mass is 9.95. The molecule has 4 heterocycles. The molecule has 4 fully saturated rings. The molecule has 4 unspecified atom stereocenters. The van der Waals surface area contributed by atoms with Crippen LogP contribution in [-0.2, 0) is 0 Å². The fourth-order valence-corrected chi connectivity index (χ4v) is 7.77. The Morgan fingerprint density at radius 1 is 0.536 bits per heavy atom. The molecule has 0 spiro atoms. The highest BCUT2D eigenvalue weighted by molar-refractivity contribution is 4.86. The summed E-state index contributed by atoms with van der Waals surface area (Å²) < 4.78 is 2.53. The molecule has 4 nitrogen and oxygen atoms in total. The lowest BCUT2D eigenvalue weighted by Crippen LogP contribution is -2.58. The van der Waals surface area contributed by atoms with Gasteiger partial charge in [-0.2, -0.15) is 0 Å². The number of rotatable bonds is 9. The second kappa shape index (κ2) is 8.53. The van der Waals surface area contributed by atoms with E-state index in [2.05, 4.69) is 14.1 Å². The Labute approximate surface area is 173 Å². The average Bonchev–Trinajstić information content (AvgIpc) is 2.92. The molecule has 0 aromatic heterocycles. The van der Waals surface area contributed by atoms with Crippen molar-refractivity contribution in [2.45, 2.75) is 126 Å². The zero-order valence-corrected chi connectivity index (χ0v) is 18.6. The molecule has 4 bridgehead atoms. The normalized spacial score (nSPS) is 47.6. The van der Waals surface area contributed by atoms with E-state index in [-0.39, 0.29) is 12.2 Å². The fraction of sp³-hybridized carbons (Fsp3) is 1.00. The highest BCUT2D eigenvalue weighted by Gasteiger charge is 2.51. The minimum Gasteiger partial charge on any atom is -0.393 e. The van der Waals surface area contributed by atoms with E-state index in [1.807, 2.05) is 0 Å². The summed E-state index contributed by atoms with van der Waals surface area (Å²) >= 11 is 0. The van der Waals surface area contributed by atoms with Crippen LogP contribution in [0.4, 0.5) is 0 Å². The van der Waals surface area contributed by atoms with Gasteiger partial charge in [0.15, 0.2) is 0 Å². The van der Waals surface area contributed by atoms with Gasteiger partial charge in [-0.3, -0.25) is 0 Å². The van der Waals surface area contributed by atoms with Gasteiger partial charge in [-0.25, -0.2) is 0 Å². The lowest BCUT2D eigenvalue weighted by molar-refractivity contribution is -0.949. The summed E-state index contributed by atoms with van der Waals surface area (Å²) in [6, 6.07) is 2.93. The molecular formula is C24H46N2O2+2. The van der Waals surface area contributed by atoms with Crippen LogP contribution in [0.25, 0.3) is 0 Å². The minimum atomic E-state index is -0.0216. The smallest absolute Gasteiger partial charge is 0.0917 e. The molecule has 8 atom stereocenters. The van der Waals surface area contributed by atoms with Crippen molar-refractivity contribution in [3.05, 3.63) is 0 Å². The molecule has 162 valence electrons. The van der Waals surface area contributed by atoms with E-state index >= 15 is 0 Å². The van der Waals surface area contributed by atoms with Crippen molar-refractivity contribution in [1.82, 2.24) is 0 Å². The van der Waals surface area contributed by atoms with Gasteiger partial charge in [-0.15, -0.1) is 0 Å². The number of piperidine rings is 2. The van der Waals surface area contributed by atoms with Crippen molar-refractivity contribution >= 4 is 0 Å². The first-order valence-corrected chi connectivity index (χ1v) is 12.5. The van der Waals surface area contributed by atoms with Crippen LogP contribution in [0.1, 0.15) is 89.9 Å². The van der Waals surface area contributed by atoms with E-state index in [0.29, 0.717) is 0 Å². The van der Waals surface area contributed by atoms with Crippen molar-refractivity contribution < 1.29 is 19.2 Å². The average molecular weight is 395 g/mol. The van der Waals surface area contributed by atoms with Crippen LogP contribution in [0.15, 0.2) is 0 Å². The zero-order chi connectivity index (χ0) is 19.8. The second-order valence-electron chi connectivity index (χ2n) is 11.3. The number of aliphatic hydroxyl groups is 2. The number of hydrogen-bond donors (Lipinski definition) is 2. The Balaban J connectivity index is 1.09. The molecule has 4 heteroatoms. The highest BCUT2D eigenvalue weighted by atomic mass is 16.3. The molecule has 0 aromatic carbocycles. The van der Waals surface area contributed by atoms with Crippen molar-refractivity contribution in [2.75, 3.05) is 27.2 Å². The van der Waals surface area contributed by atoms with E-state index in [1.54, 1.807) is 0 Å². The van der Waals surface area contributed by atoms with Gasteiger partial charge < -0.3 is 19.2 Å². The van der Waals surface area contributed by atoms with Crippen LogP contribution in [-0.4, -0.2) is 82.7 Å². The maximum atomic E-state index is 10.1. The molecule has 0 aliphatic carbocycles. The Morgan fingerprint density at radius 2 is 0.821 bits per heavy atom. The Hall–Kier alpha value is -0.160. The SMILES string of the molecule is C[N+]1(CCCCCCCC[N+]2(C)[C@@H]3CC[C@H]2CC(O)C3)[C@@H]2CC[C@H]1CC(O)C2. The molecule has 2 N–H and O–H groups in total. The summed E-state index contributed by atoms with van der Waals surface area (Å²) in [5, 5.41) is 20.1. The second-order valence-corrected chi connectivity index (χ2v) is 11.3. The molecule has 28 heavy (non-hydrogen) atoms. The van der Waals surface area contributed by atoms with E-state index in [9.17, 15) is 10.2 Å². The molecule has 4 rings (SSSR count). The molecule has 0 aromatic rings. The van der Waals surface area contributed by atoms with Gasteiger partial charge in [0.25, 0.3) is 0 Å². The van der Waals surface area contributed by atoms with Gasteiger partial charge in [0.1, 0.15) is 0 Å². The van der Waals surface area contributed by atoms with Crippen LogP contribution in [0.5, 0.6) is 0 Å². The standard InChI is InChI=1S/C24H46N2O2/c1-25(19-9-10-20(25)16-23(27)15-19)13-7-5-3-4-6-8-14-26(2)21-11-12-22(26)18-24(28)17-21/h19-24,27-28H,3-18H2,1-2H3/q+2/t19-,20+,21-,22+,23?,24?,25?,26?. The molecule has 0 amide bonds. The van der Waals surface area contributed by atoms with Crippen LogP contribution in [0.2, 0.25) is 0 Å². The highest BCUT2D eigenvalue weighted by Crippen LogP contribution is 2.42. The van der Waals surface area contributed by atoms with E-state index in [1.165, 1.54) is 86.3 Å². The number of unbranched alkanes of at least 4 members (excludes halogenated alkanes) is 5. The fourth-order valence-electron chi connectivity index (χ4n) is 7.77. The third-order valence-corrected chi connectivity index (χ3v) is 9.71. The monoisotopic (exact) mass is 394 g/mol. The Kier molecular flexibility index (Phi) is 6.42. The largest absolute Gasteiger partial charge is 0.393 e. The summed E-state index contributed by atoms with van der Waals surface area (Å²) in [6.07, 6.45) is 17.8. The third-order valence-electron chi connectivity index (χ3n) is 9.71. The molecule has 4 saturated heterocycles. The summed E-state index contributed by atoms with van der Waals surface area (Å²) in [6.45, 7) is 2.67. The summed E-state index contributed by atoms with van der Waals surface area (Å²) in [5.41, 5.74) is 0. The maximum Gasteiger partial charge on any atom is 0.0917 e. The zero-order valence-electron chi connectivity index (χ0n) is 18.6. The number of nitrogens with zero attached hydrogens (tertiary/aromatic N) is 2. The predicted octanol–water partition coefficient (Wildman–Crippen LogP) is 3.59. The van der Waals surface area contributed by atoms with Crippen molar-refractivity contribution in [3.8, 4) is 0 Å². The van der Waals surface area contributed by atoms with Gasteiger partial charge in [-0.05, 0) is 25.7 Å². The summed E-state index contributed by atoms with van der Waals surface area (Å²) in [4.78, 5) is 0. The Bertz CT molecular complexity index is 451. The molecular weight excluding hydrogens is 348 g/mol. The first-order valence-electron chi connectivity index (χ1n) is 12.5. The lowest BCUT2D eigenvalue weighted by Gasteiger charge is -2.46. The molecule has 4 aliphatic rings. The summed E-state index contributed by atoms with van der Waals surface area (Å²) in [5.74, 6) is 0. The minimum absolute atomic E-state index is 0.0216. The van der Waals surface area contributed by atoms with Crippen LogP contribution >= 0.6 is 0 Å². The first-order chi connectivity index (χ1) is 13.4. The van der Waals surface area contributed by atoms with Crippen molar-refractivity contribution in [3.63, 3.8) is 0 Å². The topological polar surface area (TPSA) is 40.5 Å². The van der Waals surface area contributed by atoms with Gasteiger partial charge in [-0.1, -0.05) is 12.8 Å².